The second kappa shape index (κ2) is 6.36. The third-order valence-electron chi connectivity index (χ3n) is 3.85. The molecule has 1 aliphatic heterocycles. The highest BCUT2D eigenvalue weighted by Gasteiger charge is 2.24. The summed E-state index contributed by atoms with van der Waals surface area (Å²) in [4.78, 5) is 23.5. The van der Waals surface area contributed by atoms with Crippen molar-refractivity contribution in [2.45, 2.75) is 39.7 Å². The van der Waals surface area contributed by atoms with Crippen LogP contribution in [0, 0.1) is 6.92 Å². The number of aryl methyl sites for hydroxylation is 2. The van der Waals surface area contributed by atoms with Crippen molar-refractivity contribution in [2.24, 2.45) is 0 Å². The van der Waals surface area contributed by atoms with Crippen molar-refractivity contribution in [1.29, 1.82) is 0 Å². The van der Waals surface area contributed by atoms with Crippen molar-refractivity contribution in [3.8, 4) is 0 Å². The van der Waals surface area contributed by atoms with Gasteiger partial charge >= 0.3 is 0 Å². The molecular formula is C18H22N4O. The van der Waals surface area contributed by atoms with Crippen LogP contribution >= 0.6 is 0 Å². The number of hydrogen-bond donors (Lipinski definition) is 1. The molecule has 0 atom stereocenters. The standard InChI is InChI=1S/C18H22N4O/c1-12(2)19-17-11-15(20-13(3)21-17)18(23)22-10-6-8-14-7-4-5-9-16(14)22/h4-5,7,9,11-12H,6,8,10H2,1-3H3,(H,19,20,21). The average molecular weight is 310 g/mol. The zero-order valence-corrected chi connectivity index (χ0v) is 13.8. The van der Waals surface area contributed by atoms with E-state index in [1.807, 2.05) is 43.9 Å². The molecule has 0 fully saturated rings. The van der Waals surface area contributed by atoms with Gasteiger partial charge in [-0.15, -0.1) is 0 Å². The number of carbonyl (C=O) groups is 1. The summed E-state index contributed by atoms with van der Waals surface area (Å²) in [5.74, 6) is 1.24. The first-order valence-electron chi connectivity index (χ1n) is 8.06. The minimum atomic E-state index is -0.0607. The van der Waals surface area contributed by atoms with Crippen LogP contribution in [0.2, 0.25) is 0 Å². The van der Waals surface area contributed by atoms with Gasteiger partial charge in [0.1, 0.15) is 17.3 Å². The SMILES string of the molecule is Cc1nc(NC(C)C)cc(C(=O)N2CCCc3ccccc32)n1. The Morgan fingerprint density at radius 2 is 2.04 bits per heavy atom. The lowest BCUT2D eigenvalue weighted by Gasteiger charge is -2.29. The molecule has 0 radical (unpaired) electrons. The van der Waals surface area contributed by atoms with E-state index in [0.717, 1.165) is 25.1 Å². The number of anilines is 2. The molecular weight excluding hydrogens is 288 g/mol. The van der Waals surface area contributed by atoms with E-state index in [9.17, 15) is 4.79 Å². The van der Waals surface area contributed by atoms with Crippen LogP contribution in [0.25, 0.3) is 0 Å². The second-order valence-corrected chi connectivity index (χ2v) is 6.17. The van der Waals surface area contributed by atoms with E-state index in [2.05, 4.69) is 21.4 Å². The van der Waals surface area contributed by atoms with Gasteiger partial charge in [-0.2, -0.15) is 0 Å². The van der Waals surface area contributed by atoms with Crippen LogP contribution in [0.3, 0.4) is 0 Å². The van der Waals surface area contributed by atoms with Gasteiger partial charge < -0.3 is 10.2 Å². The number of para-hydroxylation sites is 1. The van der Waals surface area contributed by atoms with Crippen molar-refractivity contribution in [1.82, 2.24) is 9.97 Å². The zero-order valence-electron chi connectivity index (χ0n) is 13.8. The highest BCUT2D eigenvalue weighted by atomic mass is 16.2. The monoisotopic (exact) mass is 310 g/mol. The lowest BCUT2D eigenvalue weighted by atomic mass is 10.0. The predicted molar refractivity (Wildman–Crippen MR) is 92.0 cm³/mol. The lowest BCUT2D eigenvalue weighted by molar-refractivity contribution is 0.0980. The normalized spacial score (nSPS) is 13.8. The van der Waals surface area contributed by atoms with Gasteiger partial charge in [0, 0.05) is 24.3 Å². The van der Waals surface area contributed by atoms with Gasteiger partial charge in [0.2, 0.25) is 0 Å². The highest BCUT2D eigenvalue weighted by Crippen LogP contribution is 2.28. The Bertz CT molecular complexity index is 727. The van der Waals surface area contributed by atoms with Gasteiger partial charge in [0.15, 0.2) is 0 Å². The maximum Gasteiger partial charge on any atom is 0.277 e. The maximum absolute atomic E-state index is 13.0. The third-order valence-corrected chi connectivity index (χ3v) is 3.85. The molecule has 120 valence electrons. The summed E-state index contributed by atoms with van der Waals surface area (Å²) in [7, 11) is 0. The van der Waals surface area contributed by atoms with Crippen LogP contribution in [-0.2, 0) is 6.42 Å². The molecule has 1 aromatic carbocycles. The topological polar surface area (TPSA) is 58.1 Å². The average Bonchev–Trinajstić information content (AvgIpc) is 2.52. The fraction of sp³-hybridized carbons (Fsp3) is 0.389. The molecule has 0 spiro atoms. The molecule has 1 amide bonds. The molecule has 5 nitrogen and oxygen atoms in total. The highest BCUT2D eigenvalue weighted by molar-refractivity contribution is 6.05. The Morgan fingerprint density at radius 3 is 2.83 bits per heavy atom. The van der Waals surface area contributed by atoms with Crippen molar-refractivity contribution in [2.75, 3.05) is 16.8 Å². The number of hydrogen-bond acceptors (Lipinski definition) is 4. The van der Waals surface area contributed by atoms with E-state index < -0.39 is 0 Å². The Morgan fingerprint density at radius 1 is 1.26 bits per heavy atom. The van der Waals surface area contributed by atoms with Crippen molar-refractivity contribution in [3.63, 3.8) is 0 Å². The predicted octanol–water partition coefficient (Wildman–Crippen LogP) is 3.20. The molecule has 1 aliphatic rings. The Kier molecular flexibility index (Phi) is 4.28. The number of amides is 1. The van der Waals surface area contributed by atoms with Crippen LogP contribution < -0.4 is 10.2 Å². The molecule has 0 saturated heterocycles. The first-order valence-corrected chi connectivity index (χ1v) is 8.06. The molecule has 23 heavy (non-hydrogen) atoms. The number of aromatic nitrogens is 2. The van der Waals surface area contributed by atoms with Gasteiger partial charge in [-0.3, -0.25) is 4.79 Å². The molecule has 2 heterocycles. The first kappa shape index (κ1) is 15.5. The molecule has 0 aliphatic carbocycles. The minimum absolute atomic E-state index is 0.0607. The largest absolute Gasteiger partial charge is 0.368 e. The summed E-state index contributed by atoms with van der Waals surface area (Å²) < 4.78 is 0. The number of rotatable bonds is 3. The Labute approximate surface area is 136 Å². The smallest absolute Gasteiger partial charge is 0.277 e. The number of nitrogens with one attached hydrogen (secondary N) is 1. The van der Waals surface area contributed by atoms with Gasteiger partial charge in [-0.25, -0.2) is 9.97 Å². The van der Waals surface area contributed by atoms with E-state index in [-0.39, 0.29) is 11.9 Å². The molecule has 5 heteroatoms. The summed E-state index contributed by atoms with van der Waals surface area (Å²) >= 11 is 0. The molecule has 0 unspecified atom stereocenters. The van der Waals surface area contributed by atoms with E-state index in [4.69, 9.17) is 0 Å². The van der Waals surface area contributed by atoms with Gasteiger partial charge in [-0.05, 0) is 45.2 Å². The van der Waals surface area contributed by atoms with Crippen LogP contribution in [0.4, 0.5) is 11.5 Å². The zero-order chi connectivity index (χ0) is 16.4. The molecule has 1 N–H and O–H groups in total. The minimum Gasteiger partial charge on any atom is -0.368 e. The van der Waals surface area contributed by atoms with E-state index in [0.29, 0.717) is 17.3 Å². The molecule has 0 saturated carbocycles. The number of benzene rings is 1. The van der Waals surface area contributed by atoms with Crippen LogP contribution in [0.1, 0.15) is 42.1 Å². The maximum atomic E-state index is 13.0. The fourth-order valence-electron chi connectivity index (χ4n) is 2.93. The Hall–Kier alpha value is -2.43. The van der Waals surface area contributed by atoms with Crippen LogP contribution in [0.5, 0.6) is 0 Å². The summed E-state index contributed by atoms with van der Waals surface area (Å²) in [5.41, 5.74) is 2.66. The fourth-order valence-corrected chi connectivity index (χ4v) is 2.93. The molecule has 1 aromatic heterocycles. The van der Waals surface area contributed by atoms with Crippen molar-refractivity contribution in [3.05, 3.63) is 47.4 Å². The van der Waals surface area contributed by atoms with E-state index >= 15 is 0 Å². The van der Waals surface area contributed by atoms with E-state index in [1.54, 1.807) is 6.07 Å². The number of carbonyl (C=O) groups excluding carboxylic acids is 1. The third kappa shape index (κ3) is 3.33. The number of nitrogens with zero attached hydrogens (tertiary/aromatic N) is 3. The van der Waals surface area contributed by atoms with Gasteiger partial charge in [0.05, 0.1) is 0 Å². The van der Waals surface area contributed by atoms with Gasteiger partial charge in [0.25, 0.3) is 5.91 Å². The van der Waals surface area contributed by atoms with E-state index in [1.165, 1.54) is 5.56 Å². The van der Waals surface area contributed by atoms with Crippen molar-refractivity contribution < 1.29 is 4.79 Å². The van der Waals surface area contributed by atoms with Crippen LogP contribution in [0.15, 0.2) is 30.3 Å². The Balaban J connectivity index is 1.94. The second-order valence-electron chi connectivity index (χ2n) is 6.17. The van der Waals surface area contributed by atoms with Crippen LogP contribution in [-0.4, -0.2) is 28.5 Å². The number of fused-ring (bicyclic) bond motifs is 1. The molecule has 3 rings (SSSR count). The van der Waals surface area contributed by atoms with Gasteiger partial charge in [-0.1, -0.05) is 18.2 Å². The van der Waals surface area contributed by atoms with Crippen molar-refractivity contribution >= 4 is 17.4 Å². The first-order chi connectivity index (χ1) is 11.0. The summed E-state index contributed by atoms with van der Waals surface area (Å²) in [6.45, 7) is 6.62. The lowest BCUT2D eigenvalue weighted by Crippen LogP contribution is -2.36. The summed E-state index contributed by atoms with van der Waals surface area (Å²) in [5, 5.41) is 3.24. The quantitative estimate of drug-likeness (QED) is 0.946. The molecule has 0 bridgehead atoms. The summed E-state index contributed by atoms with van der Waals surface area (Å²) in [6, 6.07) is 10.1. The summed E-state index contributed by atoms with van der Waals surface area (Å²) in [6.07, 6.45) is 1.99. The molecule has 2 aromatic rings.